The van der Waals surface area contributed by atoms with Crippen LogP contribution in [0.15, 0.2) is 30.3 Å². The highest BCUT2D eigenvalue weighted by molar-refractivity contribution is 6.32. The molecule has 2 aliphatic rings. The highest BCUT2D eigenvalue weighted by Gasteiger charge is 2.21. The molecular weight excluding hydrogens is 358 g/mol. The van der Waals surface area contributed by atoms with Crippen molar-refractivity contribution in [1.29, 1.82) is 0 Å². The summed E-state index contributed by atoms with van der Waals surface area (Å²) in [6.07, 6.45) is 0. The van der Waals surface area contributed by atoms with Crippen LogP contribution in [0.3, 0.4) is 0 Å². The maximum absolute atomic E-state index is 12.8. The third kappa shape index (κ3) is 3.24. The van der Waals surface area contributed by atoms with Crippen molar-refractivity contribution in [2.24, 2.45) is 0 Å². The van der Waals surface area contributed by atoms with Crippen molar-refractivity contribution in [3.05, 3.63) is 46.5 Å². The number of hydrogen-bond acceptors (Lipinski definition) is 5. The second-order valence-corrected chi connectivity index (χ2v) is 6.53. The highest BCUT2D eigenvalue weighted by Crippen LogP contribution is 2.38. The first-order chi connectivity index (χ1) is 12.6. The summed E-state index contributed by atoms with van der Waals surface area (Å²) in [5.74, 6) is 2.27. The quantitative estimate of drug-likeness (QED) is 0.824. The van der Waals surface area contributed by atoms with Gasteiger partial charge in [0.15, 0.2) is 23.0 Å². The fourth-order valence-corrected chi connectivity index (χ4v) is 3.25. The van der Waals surface area contributed by atoms with Gasteiger partial charge >= 0.3 is 0 Å². The number of amides is 1. The van der Waals surface area contributed by atoms with Crippen molar-refractivity contribution in [2.75, 3.05) is 33.5 Å². The number of hydrogen-bond donors (Lipinski definition) is 0. The molecule has 2 heterocycles. The van der Waals surface area contributed by atoms with E-state index in [9.17, 15) is 4.79 Å². The minimum absolute atomic E-state index is 0.154. The number of rotatable bonds is 3. The topological polar surface area (TPSA) is 57.2 Å². The predicted octanol–water partition coefficient (Wildman–Crippen LogP) is 3.15. The molecule has 0 fully saturated rings. The molecule has 0 N–H and O–H groups in total. The molecule has 2 aliphatic heterocycles. The summed E-state index contributed by atoms with van der Waals surface area (Å²) in [6.45, 7) is 2.40. The van der Waals surface area contributed by atoms with E-state index < -0.39 is 0 Å². The number of fused-ring (bicyclic) bond motifs is 2. The third-order valence-electron chi connectivity index (χ3n) is 4.22. The molecule has 4 rings (SSSR count). The van der Waals surface area contributed by atoms with Gasteiger partial charge in [0.25, 0.3) is 5.91 Å². The standard InChI is InChI=1S/C19H18ClNO5/c1-21(11-12-2-3-15-16(8-12)24-5-4-23-15)19(22)13-9-14(20)18-17(10-13)25-6-7-26-18/h2-3,8-10H,4-7,11H2,1H3. The van der Waals surface area contributed by atoms with Gasteiger partial charge in [0.05, 0.1) is 5.02 Å². The molecule has 1 amide bonds. The molecule has 0 unspecified atom stereocenters. The third-order valence-corrected chi connectivity index (χ3v) is 4.50. The molecule has 0 atom stereocenters. The number of nitrogens with zero attached hydrogens (tertiary/aromatic N) is 1. The maximum atomic E-state index is 12.8. The first-order valence-corrected chi connectivity index (χ1v) is 8.73. The SMILES string of the molecule is CN(Cc1ccc2c(c1)OCCO2)C(=O)c1cc(Cl)c2c(c1)OCCO2. The van der Waals surface area contributed by atoms with Crippen molar-refractivity contribution in [1.82, 2.24) is 4.90 Å². The molecule has 0 saturated carbocycles. The van der Waals surface area contributed by atoms with E-state index in [2.05, 4.69) is 0 Å². The first-order valence-electron chi connectivity index (χ1n) is 8.35. The van der Waals surface area contributed by atoms with Crippen LogP contribution < -0.4 is 18.9 Å². The van der Waals surface area contributed by atoms with Gasteiger partial charge in [-0.25, -0.2) is 0 Å². The zero-order valence-electron chi connectivity index (χ0n) is 14.3. The van der Waals surface area contributed by atoms with Crippen LogP contribution in [0.25, 0.3) is 0 Å². The number of ether oxygens (including phenoxy) is 4. The lowest BCUT2D eigenvalue weighted by atomic mass is 10.1. The lowest BCUT2D eigenvalue weighted by Crippen LogP contribution is -2.27. The monoisotopic (exact) mass is 375 g/mol. The smallest absolute Gasteiger partial charge is 0.254 e. The second kappa shape index (κ2) is 6.96. The number of carbonyl (C=O) groups excluding carboxylic acids is 1. The molecule has 0 aliphatic carbocycles. The number of halogens is 1. The Hall–Kier alpha value is -2.60. The minimum Gasteiger partial charge on any atom is -0.486 e. The lowest BCUT2D eigenvalue weighted by Gasteiger charge is -2.23. The van der Waals surface area contributed by atoms with E-state index in [4.69, 9.17) is 30.5 Å². The molecular formula is C19H18ClNO5. The van der Waals surface area contributed by atoms with E-state index in [0.29, 0.717) is 60.8 Å². The van der Waals surface area contributed by atoms with E-state index >= 15 is 0 Å². The van der Waals surface area contributed by atoms with Gasteiger partial charge in [-0.3, -0.25) is 4.79 Å². The van der Waals surface area contributed by atoms with Crippen LogP contribution in [0.5, 0.6) is 23.0 Å². The van der Waals surface area contributed by atoms with Crippen LogP contribution in [-0.4, -0.2) is 44.3 Å². The Kier molecular flexibility index (Phi) is 4.51. The van der Waals surface area contributed by atoms with Gasteiger partial charge in [0, 0.05) is 19.2 Å². The summed E-state index contributed by atoms with van der Waals surface area (Å²) in [5, 5.41) is 0.373. The van der Waals surface area contributed by atoms with Crippen molar-refractivity contribution in [3.8, 4) is 23.0 Å². The summed E-state index contributed by atoms with van der Waals surface area (Å²) in [7, 11) is 1.74. The van der Waals surface area contributed by atoms with Crippen molar-refractivity contribution in [3.63, 3.8) is 0 Å². The van der Waals surface area contributed by atoms with Crippen LogP contribution in [0.4, 0.5) is 0 Å². The van der Waals surface area contributed by atoms with E-state index in [0.717, 1.165) is 11.3 Å². The molecule has 0 aromatic heterocycles. The molecule has 2 aromatic carbocycles. The Bertz CT molecular complexity index is 854. The van der Waals surface area contributed by atoms with E-state index in [1.54, 1.807) is 24.1 Å². The van der Waals surface area contributed by atoms with Crippen LogP contribution in [0.1, 0.15) is 15.9 Å². The number of benzene rings is 2. The Morgan fingerprint density at radius 2 is 1.65 bits per heavy atom. The minimum atomic E-state index is -0.154. The fraction of sp³-hybridized carbons (Fsp3) is 0.316. The van der Waals surface area contributed by atoms with Gasteiger partial charge in [-0.2, -0.15) is 0 Å². The summed E-state index contributed by atoms with van der Waals surface area (Å²) >= 11 is 6.23. The maximum Gasteiger partial charge on any atom is 0.254 e. The first kappa shape index (κ1) is 16.8. The van der Waals surface area contributed by atoms with Gasteiger partial charge < -0.3 is 23.8 Å². The molecule has 0 spiro atoms. The van der Waals surface area contributed by atoms with Crippen LogP contribution >= 0.6 is 11.6 Å². The van der Waals surface area contributed by atoms with Gasteiger partial charge in [-0.1, -0.05) is 17.7 Å². The Morgan fingerprint density at radius 3 is 2.46 bits per heavy atom. The molecule has 0 saturated heterocycles. The van der Waals surface area contributed by atoms with Crippen molar-refractivity contribution in [2.45, 2.75) is 6.54 Å². The molecule has 6 nitrogen and oxygen atoms in total. The summed E-state index contributed by atoms with van der Waals surface area (Å²) in [4.78, 5) is 14.4. The van der Waals surface area contributed by atoms with Crippen molar-refractivity contribution < 1.29 is 23.7 Å². The largest absolute Gasteiger partial charge is 0.486 e. The molecule has 0 bridgehead atoms. The predicted molar refractivity (Wildman–Crippen MR) is 95.7 cm³/mol. The van der Waals surface area contributed by atoms with Gasteiger partial charge in [-0.05, 0) is 29.8 Å². The van der Waals surface area contributed by atoms with Gasteiger partial charge in [0.2, 0.25) is 0 Å². The zero-order chi connectivity index (χ0) is 18.1. The molecule has 7 heteroatoms. The molecule has 2 aromatic rings. The highest BCUT2D eigenvalue weighted by atomic mass is 35.5. The van der Waals surface area contributed by atoms with Crippen LogP contribution in [0.2, 0.25) is 5.02 Å². The summed E-state index contributed by atoms with van der Waals surface area (Å²) < 4.78 is 22.1. The molecule has 26 heavy (non-hydrogen) atoms. The normalized spacial score (nSPS) is 14.7. The molecule has 0 radical (unpaired) electrons. The van der Waals surface area contributed by atoms with Gasteiger partial charge in [-0.15, -0.1) is 0 Å². The summed E-state index contributed by atoms with van der Waals surface area (Å²) in [5.41, 5.74) is 1.41. The van der Waals surface area contributed by atoms with Crippen LogP contribution in [-0.2, 0) is 6.54 Å². The second-order valence-electron chi connectivity index (χ2n) is 6.12. The van der Waals surface area contributed by atoms with Crippen LogP contribution in [0, 0.1) is 0 Å². The Labute approximate surface area is 156 Å². The fourth-order valence-electron chi connectivity index (χ4n) is 2.99. The molecule has 136 valence electrons. The van der Waals surface area contributed by atoms with E-state index in [1.165, 1.54) is 0 Å². The lowest BCUT2D eigenvalue weighted by molar-refractivity contribution is 0.0783. The average molecular weight is 376 g/mol. The zero-order valence-corrected chi connectivity index (χ0v) is 15.0. The van der Waals surface area contributed by atoms with Gasteiger partial charge in [0.1, 0.15) is 26.4 Å². The summed E-state index contributed by atoms with van der Waals surface area (Å²) in [6, 6.07) is 8.97. The average Bonchev–Trinajstić information content (AvgIpc) is 2.67. The Morgan fingerprint density at radius 1 is 0.962 bits per heavy atom. The van der Waals surface area contributed by atoms with E-state index in [1.807, 2.05) is 18.2 Å². The number of carbonyl (C=O) groups is 1. The Balaban J connectivity index is 1.52. The van der Waals surface area contributed by atoms with Crippen molar-refractivity contribution >= 4 is 17.5 Å². The van der Waals surface area contributed by atoms with E-state index in [-0.39, 0.29) is 5.91 Å².